The second-order valence-corrected chi connectivity index (χ2v) is 5.36. The van der Waals surface area contributed by atoms with Crippen LogP contribution in [0.5, 0.6) is 0 Å². The number of rotatable bonds is 5. The molecule has 0 unspecified atom stereocenters. The van der Waals surface area contributed by atoms with Crippen molar-refractivity contribution in [1.29, 1.82) is 0 Å². The predicted octanol–water partition coefficient (Wildman–Crippen LogP) is 4.52. The number of aryl methyl sites for hydroxylation is 2. The fourth-order valence-corrected chi connectivity index (χ4v) is 2.28. The molecule has 0 fully saturated rings. The highest BCUT2D eigenvalue weighted by Crippen LogP contribution is 2.29. The fourth-order valence-electron chi connectivity index (χ4n) is 1.83. The summed E-state index contributed by atoms with van der Waals surface area (Å²) in [7, 11) is 0. The van der Waals surface area contributed by atoms with Crippen LogP contribution >= 0.6 is 23.2 Å². The summed E-state index contributed by atoms with van der Waals surface area (Å²) in [5.41, 5.74) is 2.95. The first-order valence-electron chi connectivity index (χ1n) is 6.31. The molecule has 1 aromatic heterocycles. The lowest BCUT2D eigenvalue weighted by Crippen LogP contribution is -2.00. The number of nitrogens with zero attached hydrogens (tertiary/aromatic N) is 2. The Morgan fingerprint density at radius 3 is 2.79 bits per heavy atom. The van der Waals surface area contributed by atoms with Gasteiger partial charge in [0.15, 0.2) is 0 Å². The summed E-state index contributed by atoms with van der Waals surface area (Å²) in [6.07, 6.45) is 4.99. The first-order valence-corrected chi connectivity index (χ1v) is 7.06. The maximum Gasteiger partial charge on any atom is 0.0641 e. The van der Waals surface area contributed by atoms with Gasteiger partial charge < -0.3 is 5.32 Å². The average Bonchev–Trinajstić information content (AvgIpc) is 2.80. The van der Waals surface area contributed by atoms with Crippen LogP contribution < -0.4 is 5.32 Å². The molecule has 0 radical (unpaired) electrons. The zero-order valence-electron chi connectivity index (χ0n) is 11.1. The highest BCUT2D eigenvalue weighted by atomic mass is 35.5. The Bertz CT molecular complexity index is 564. The molecule has 0 atom stereocenters. The number of hydrogen-bond acceptors (Lipinski definition) is 2. The second kappa shape index (κ2) is 6.31. The van der Waals surface area contributed by atoms with E-state index in [4.69, 9.17) is 23.2 Å². The van der Waals surface area contributed by atoms with Crippen molar-refractivity contribution in [1.82, 2.24) is 9.78 Å². The molecular weight excluding hydrogens is 281 g/mol. The van der Waals surface area contributed by atoms with E-state index in [0.717, 1.165) is 29.8 Å². The summed E-state index contributed by atoms with van der Waals surface area (Å²) >= 11 is 12.3. The lowest BCUT2D eigenvalue weighted by atomic mass is 10.2. The van der Waals surface area contributed by atoms with E-state index in [1.54, 1.807) is 0 Å². The molecule has 0 aliphatic carbocycles. The SMILES string of the molecule is CCCn1cc(CNc2cc(Cl)c(C)cc2Cl)cn1. The van der Waals surface area contributed by atoms with Crippen molar-refractivity contribution in [3.63, 3.8) is 0 Å². The number of anilines is 1. The fraction of sp³-hybridized carbons (Fsp3) is 0.357. The summed E-state index contributed by atoms with van der Waals surface area (Å²) in [5.74, 6) is 0. The Labute approximate surface area is 123 Å². The third kappa shape index (κ3) is 3.64. The third-order valence-corrected chi connectivity index (χ3v) is 3.59. The van der Waals surface area contributed by atoms with Gasteiger partial charge in [-0.25, -0.2) is 0 Å². The van der Waals surface area contributed by atoms with Gasteiger partial charge in [-0.2, -0.15) is 5.10 Å². The first-order chi connectivity index (χ1) is 9.10. The van der Waals surface area contributed by atoms with E-state index >= 15 is 0 Å². The maximum atomic E-state index is 6.18. The Morgan fingerprint density at radius 2 is 2.05 bits per heavy atom. The smallest absolute Gasteiger partial charge is 0.0641 e. The minimum Gasteiger partial charge on any atom is -0.380 e. The number of halogens is 2. The molecule has 0 saturated heterocycles. The van der Waals surface area contributed by atoms with Crippen molar-refractivity contribution in [2.75, 3.05) is 5.32 Å². The molecule has 0 saturated carbocycles. The van der Waals surface area contributed by atoms with Crippen molar-refractivity contribution in [3.8, 4) is 0 Å². The number of aromatic nitrogens is 2. The third-order valence-electron chi connectivity index (χ3n) is 2.87. The molecule has 0 spiro atoms. The molecule has 1 aromatic carbocycles. The van der Waals surface area contributed by atoms with Gasteiger partial charge in [0.2, 0.25) is 0 Å². The highest BCUT2D eigenvalue weighted by Gasteiger charge is 2.05. The first kappa shape index (κ1) is 14.2. The van der Waals surface area contributed by atoms with E-state index in [9.17, 15) is 0 Å². The van der Waals surface area contributed by atoms with Gasteiger partial charge in [0.05, 0.1) is 16.9 Å². The van der Waals surface area contributed by atoms with Crippen LogP contribution in [0.1, 0.15) is 24.5 Å². The molecule has 102 valence electrons. The van der Waals surface area contributed by atoms with Crippen LogP contribution in [0.25, 0.3) is 0 Å². The summed E-state index contributed by atoms with van der Waals surface area (Å²) in [6.45, 7) is 5.69. The Morgan fingerprint density at radius 1 is 1.26 bits per heavy atom. The van der Waals surface area contributed by atoms with E-state index < -0.39 is 0 Å². The topological polar surface area (TPSA) is 29.9 Å². The largest absolute Gasteiger partial charge is 0.380 e. The minimum atomic E-state index is 0.683. The second-order valence-electron chi connectivity index (χ2n) is 4.55. The number of nitrogens with one attached hydrogen (secondary N) is 1. The maximum absolute atomic E-state index is 6.18. The van der Waals surface area contributed by atoms with Gasteiger partial charge >= 0.3 is 0 Å². The average molecular weight is 298 g/mol. The molecule has 3 nitrogen and oxygen atoms in total. The van der Waals surface area contributed by atoms with Gasteiger partial charge in [0.1, 0.15) is 0 Å². The molecule has 0 aliphatic heterocycles. The lowest BCUT2D eigenvalue weighted by molar-refractivity contribution is 0.602. The van der Waals surface area contributed by atoms with Crippen LogP contribution in [0.3, 0.4) is 0 Å². The van der Waals surface area contributed by atoms with Gasteiger partial charge in [-0.15, -0.1) is 0 Å². The van der Waals surface area contributed by atoms with Crippen LogP contribution in [-0.4, -0.2) is 9.78 Å². The predicted molar refractivity (Wildman–Crippen MR) is 81.0 cm³/mol. The number of benzene rings is 1. The Hall–Kier alpha value is -1.19. The molecule has 1 N–H and O–H groups in total. The zero-order chi connectivity index (χ0) is 13.8. The van der Waals surface area contributed by atoms with Crippen molar-refractivity contribution >= 4 is 28.9 Å². The molecule has 2 aromatic rings. The molecule has 5 heteroatoms. The van der Waals surface area contributed by atoms with Crippen molar-refractivity contribution in [2.45, 2.75) is 33.4 Å². The standard InChI is InChI=1S/C14H17Cl2N3/c1-3-4-19-9-11(8-18-19)7-17-14-6-12(15)10(2)5-13(14)16/h5-6,8-9,17H,3-4,7H2,1-2H3. The molecule has 0 bridgehead atoms. The van der Waals surface area contributed by atoms with Gasteiger partial charge in [0.25, 0.3) is 0 Å². The highest BCUT2D eigenvalue weighted by molar-refractivity contribution is 6.35. The lowest BCUT2D eigenvalue weighted by Gasteiger charge is -2.09. The molecule has 19 heavy (non-hydrogen) atoms. The van der Waals surface area contributed by atoms with Crippen LogP contribution in [0, 0.1) is 6.92 Å². The van der Waals surface area contributed by atoms with E-state index in [1.165, 1.54) is 0 Å². The van der Waals surface area contributed by atoms with E-state index in [0.29, 0.717) is 16.6 Å². The summed E-state index contributed by atoms with van der Waals surface area (Å²) in [4.78, 5) is 0. The molecule has 2 rings (SSSR count). The van der Waals surface area contributed by atoms with E-state index in [1.807, 2.05) is 36.1 Å². The molecule has 1 heterocycles. The van der Waals surface area contributed by atoms with Gasteiger partial charge in [-0.1, -0.05) is 30.1 Å². The Balaban J connectivity index is 2.03. The Kier molecular flexibility index (Phi) is 4.72. The van der Waals surface area contributed by atoms with Crippen LogP contribution in [0.15, 0.2) is 24.5 Å². The van der Waals surface area contributed by atoms with Gasteiger partial charge in [0, 0.05) is 29.9 Å². The van der Waals surface area contributed by atoms with E-state index in [-0.39, 0.29) is 0 Å². The summed E-state index contributed by atoms with van der Waals surface area (Å²) < 4.78 is 1.95. The minimum absolute atomic E-state index is 0.683. The van der Waals surface area contributed by atoms with Crippen LogP contribution in [0.2, 0.25) is 10.0 Å². The van der Waals surface area contributed by atoms with Crippen molar-refractivity contribution in [3.05, 3.63) is 45.7 Å². The van der Waals surface area contributed by atoms with Gasteiger partial charge in [-0.3, -0.25) is 4.68 Å². The normalized spacial score (nSPS) is 10.7. The van der Waals surface area contributed by atoms with Crippen molar-refractivity contribution < 1.29 is 0 Å². The monoisotopic (exact) mass is 297 g/mol. The van der Waals surface area contributed by atoms with Gasteiger partial charge in [-0.05, 0) is 31.0 Å². The molecule has 0 amide bonds. The molecule has 0 aliphatic rings. The summed E-state index contributed by atoms with van der Waals surface area (Å²) in [6, 6.07) is 3.72. The zero-order valence-corrected chi connectivity index (χ0v) is 12.6. The number of hydrogen-bond donors (Lipinski definition) is 1. The van der Waals surface area contributed by atoms with Crippen LogP contribution in [0.4, 0.5) is 5.69 Å². The summed E-state index contributed by atoms with van der Waals surface area (Å²) in [5, 5.41) is 8.97. The van der Waals surface area contributed by atoms with E-state index in [2.05, 4.69) is 17.3 Å². The quantitative estimate of drug-likeness (QED) is 0.879. The van der Waals surface area contributed by atoms with Crippen molar-refractivity contribution in [2.24, 2.45) is 0 Å². The van der Waals surface area contributed by atoms with Crippen LogP contribution in [-0.2, 0) is 13.1 Å². The molecular formula is C14H17Cl2N3.